The molecule has 194 valence electrons. The zero-order valence-corrected chi connectivity index (χ0v) is 21.5. The van der Waals surface area contributed by atoms with E-state index in [1.807, 2.05) is 61.5 Å². The third-order valence-electron chi connectivity index (χ3n) is 7.10. The number of nitrogens with one attached hydrogen (secondary N) is 3. The molecule has 9 nitrogen and oxygen atoms in total. The van der Waals surface area contributed by atoms with Crippen LogP contribution in [0.2, 0.25) is 0 Å². The molecule has 0 atom stereocenters. The first-order chi connectivity index (χ1) is 18.6. The fourth-order valence-electron chi connectivity index (χ4n) is 4.67. The lowest BCUT2D eigenvalue weighted by molar-refractivity contribution is 0.102. The van der Waals surface area contributed by atoms with Gasteiger partial charge in [0.15, 0.2) is 5.82 Å². The number of rotatable bonds is 8. The number of H-pyrrole nitrogens is 1. The van der Waals surface area contributed by atoms with Crippen molar-refractivity contribution in [2.45, 2.75) is 32.2 Å². The van der Waals surface area contributed by atoms with E-state index in [1.165, 1.54) is 29.7 Å². The van der Waals surface area contributed by atoms with Gasteiger partial charge in [0.2, 0.25) is 5.95 Å². The number of anilines is 4. The third kappa shape index (κ3) is 5.84. The van der Waals surface area contributed by atoms with Crippen LogP contribution in [0, 0.1) is 6.92 Å². The zero-order chi connectivity index (χ0) is 25.9. The standard InChI is InChI=1S/C29H32N8O/c1-20-2-10-24(11-3-20)31-28(38)23-6-4-21(5-7-23)19-36-14-16-37(17-15-36)29-30-13-12-26(33-29)32-27-18-25(34-35-27)22-8-9-22/h2-7,10-13,18,22H,8-9,14-17,19H2,1H3,(H,31,38)(H2,30,32,33,34,35). The molecule has 9 heteroatoms. The molecule has 2 fully saturated rings. The normalized spacial score (nSPS) is 15.9. The number of hydrogen-bond donors (Lipinski definition) is 3. The van der Waals surface area contributed by atoms with Gasteiger partial charge in [-0.3, -0.25) is 14.8 Å². The number of amides is 1. The molecule has 1 saturated heterocycles. The van der Waals surface area contributed by atoms with Crippen molar-refractivity contribution in [3.8, 4) is 0 Å². The van der Waals surface area contributed by atoms with Crippen LogP contribution in [0.15, 0.2) is 66.9 Å². The summed E-state index contributed by atoms with van der Waals surface area (Å²) in [5.74, 6) is 2.81. The van der Waals surface area contributed by atoms with E-state index >= 15 is 0 Å². The summed E-state index contributed by atoms with van der Waals surface area (Å²) in [6, 6.07) is 19.6. The minimum absolute atomic E-state index is 0.0959. The quantitative estimate of drug-likeness (QED) is 0.317. The maximum Gasteiger partial charge on any atom is 0.255 e. The molecule has 4 aromatic rings. The van der Waals surface area contributed by atoms with Crippen LogP contribution in [0.5, 0.6) is 0 Å². The highest BCUT2D eigenvalue weighted by Crippen LogP contribution is 2.39. The van der Waals surface area contributed by atoms with Crippen LogP contribution in [0.4, 0.5) is 23.3 Å². The Kier molecular flexibility index (Phi) is 6.75. The predicted molar refractivity (Wildman–Crippen MR) is 149 cm³/mol. The van der Waals surface area contributed by atoms with Crippen molar-refractivity contribution in [2.24, 2.45) is 0 Å². The second-order valence-electron chi connectivity index (χ2n) is 10.1. The Morgan fingerprint density at radius 3 is 2.47 bits per heavy atom. The van der Waals surface area contributed by atoms with Gasteiger partial charge in [-0.25, -0.2) is 4.98 Å². The predicted octanol–water partition coefficient (Wildman–Crippen LogP) is 4.70. The average molecular weight is 509 g/mol. The molecule has 2 aromatic carbocycles. The lowest BCUT2D eigenvalue weighted by atomic mass is 10.1. The number of carbonyl (C=O) groups is 1. The molecule has 6 rings (SSSR count). The molecule has 3 heterocycles. The molecule has 0 radical (unpaired) electrons. The van der Waals surface area contributed by atoms with Gasteiger partial charge in [-0.05, 0) is 55.7 Å². The fourth-order valence-corrected chi connectivity index (χ4v) is 4.67. The van der Waals surface area contributed by atoms with E-state index in [1.54, 1.807) is 6.20 Å². The molecule has 1 aliphatic carbocycles. The maximum absolute atomic E-state index is 12.6. The molecule has 3 N–H and O–H groups in total. The highest BCUT2D eigenvalue weighted by Gasteiger charge is 2.25. The molecular weight excluding hydrogens is 476 g/mol. The van der Waals surface area contributed by atoms with E-state index in [2.05, 4.69) is 41.7 Å². The summed E-state index contributed by atoms with van der Waals surface area (Å²) in [6.07, 6.45) is 4.27. The Balaban J connectivity index is 0.997. The van der Waals surface area contributed by atoms with Crippen LogP contribution in [-0.4, -0.2) is 57.2 Å². The molecule has 1 aliphatic heterocycles. The summed E-state index contributed by atoms with van der Waals surface area (Å²) in [7, 11) is 0. The molecule has 1 saturated carbocycles. The second kappa shape index (κ2) is 10.6. The third-order valence-corrected chi connectivity index (χ3v) is 7.10. The molecular formula is C29H32N8O. The van der Waals surface area contributed by atoms with Crippen LogP contribution in [0.25, 0.3) is 0 Å². The van der Waals surface area contributed by atoms with E-state index in [0.717, 1.165) is 56.0 Å². The first kappa shape index (κ1) is 24.1. The molecule has 0 spiro atoms. The summed E-state index contributed by atoms with van der Waals surface area (Å²) in [6.45, 7) is 6.42. The lowest BCUT2D eigenvalue weighted by Gasteiger charge is -2.34. The molecule has 1 amide bonds. The average Bonchev–Trinajstić information content (AvgIpc) is 3.69. The van der Waals surface area contributed by atoms with Gasteiger partial charge in [0.25, 0.3) is 5.91 Å². The van der Waals surface area contributed by atoms with Crippen molar-refractivity contribution in [2.75, 3.05) is 41.7 Å². The first-order valence-corrected chi connectivity index (χ1v) is 13.2. The Hall–Kier alpha value is -4.24. The molecule has 2 aliphatic rings. The van der Waals surface area contributed by atoms with Crippen LogP contribution >= 0.6 is 0 Å². The molecule has 2 aromatic heterocycles. The molecule has 38 heavy (non-hydrogen) atoms. The smallest absolute Gasteiger partial charge is 0.255 e. The van der Waals surface area contributed by atoms with Gasteiger partial charge in [-0.15, -0.1) is 0 Å². The number of piperazine rings is 1. The minimum Gasteiger partial charge on any atom is -0.338 e. The molecule has 0 bridgehead atoms. The summed E-state index contributed by atoms with van der Waals surface area (Å²) >= 11 is 0. The van der Waals surface area contributed by atoms with Crippen molar-refractivity contribution >= 4 is 29.2 Å². The van der Waals surface area contributed by atoms with E-state index in [0.29, 0.717) is 11.5 Å². The summed E-state index contributed by atoms with van der Waals surface area (Å²) in [5, 5.41) is 13.7. The summed E-state index contributed by atoms with van der Waals surface area (Å²) < 4.78 is 0. The van der Waals surface area contributed by atoms with Crippen LogP contribution < -0.4 is 15.5 Å². The van der Waals surface area contributed by atoms with Gasteiger partial charge < -0.3 is 15.5 Å². The van der Waals surface area contributed by atoms with Gasteiger partial charge in [0.05, 0.1) is 0 Å². The number of carbonyl (C=O) groups excluding carboxylic acids is 1. The maximum atomic E-state index is 12.6. The van der Waals surface area contributed by atoms with Gasteiger partial charge in [-0.1, -0.05) is 29.8 Å². The number of hydrogen-bond acceptors (Lipinski definition) is 7. The number of benzene rings is 2. The number of aryl methyl sites for hydroxylation is 1. The Labute approximate surface area is 222 Å². The van der Waals surface area contributed by atoms with Crippen molar-refractivity contribution in [1.29, 1.82) is 0 Å². The van der Waals surface area contributed by atoms with E-state index in [-0.39, 0.29) is 5.91 Å². The Morgan fingerprint density at radius 1 is 0.974 bits per heavy atom. The van der Waals surface area contributed by atoms with Gasteiger partial charge in [-0.2, -0.15) is 10.1 Å². The fraction of sp³-hybridized carbons (Fsp3) is 0.310. The van der Waals surface area contributed by atoms with E-state index in [9.17, 15) is 4.79 Å². The van der Waals surface area contributed by atoms with E-state index in [4.69, 9.17) is 4.98 Å². The SMILES string of the molecule is Cc1ccc(NC(=O)c2ccc(CN3CCN(c4nccc(Nc5cc(C6CC6)[nH]n5)n4)CC3)cc2)cc1. The summed E-state index contributed by atoms with van der Waals surface area (Å²) in [4.78, 5) is 26.5. The van der Waals surface area contributed by atoms with Gasteiger partial charge in [0, 0.05) is 67.8 Å². The number of aromatic nitrogens is 4. The minimum atomic E-state index is -0.0959. The number of aromatic amines is 1. The second-order valence-corrected chi connectivity index (χ2v) is 10.1. The van der Waals surface area contributed by atoms with E-state index < -0.39 is 0 Å². The Morgan fingerprint density at radius 2 is 1.74 bits per heavy atom. The Bertz CT molecular complexity index is 1390. The highest BCUT2D eigenvalue weighted by molar-refractivity contribution is 6.04. The first-order valence-electron chi connectivity index (χ1n) is 13.2. The lowest BCUT2D eigenvalue weighted by Crippen LogP contribution is -2.46. The van der Waals surface area contributed by atoms with Crippen LogP contribution in [-0.2, 0) is 6.54 Å². The number of nitrogens with zero attached hydrogens (tertiary/aromatic N) is 5. The largest absolute Gasteiger partial charge is 0.338 e. The topological polar surface area (TPSA) is 102 Å². The van der Waals surface area contributed by atoms with Crippen LogP contribution in [0.1, 0.15) is 45.9 Å². The van der Waals surface area contributed by atoms with Gasteiger partial charge >= 0.3 is 0 Å². The highest BCUT2D eigenvalue weighted by atomic mass is 16.1. The van der Waals surface area contributed by atoms with Crippen molar-refractivity contribution in [1.82, 2.24) is 25.1 Å². The zero-order valence-electron chi connectivity index (χ0n) is 21.5. The van der Waals surface area contributed by atoms with Crippen LogP contribution in [0.3, 0.4) is 0 Å². The van der Waals surface area contributed by atoms with Crippen molar-refractivity contribution < 1.29 is 4.79 Å². The van der Waals surface area contributed by atoms with Gasteiger partial charge in [0.1, 0.15) is 5.82 Å². The summed E-state index contributed by atoms with van der Waals surface area (Å²) in [5.41, 5.74) is 5.01. The monoisotopic (exact) mass is 508 g/mol. The van der Waals surface area contributed by atoms with Crippen molar-refractivity contribution in [3.63, 3.8) is 0 Å². The molecule has 0 unspecified atom stereocenters. The van der Waals surface area contributed by atoms with Crippen molar-refractivity contribution in [3.05, 3.63) is 89.2 Å².